The number of hydrogen-bond acceptors (Lipinski definition) is 17. The topological polar surface area (TPSA) is 237 Å². The van der Waals surface area contributed by atoms with E-state index < -0.39 is 51.8 Å². The molecule has 1 unspecified atom stereocenters. The van der Waals surface area contributed by atoms with E-state index in [0.29, 0.717) is 33.5 Å². The second-order valence-electron chi connectivity index (χ2n) is 18.5. The van der Waals surface area contributed by atoms with Crippen LogP contribution in [0.2, 0.25) is 18.1 Å². The smallest absolute Gasteiger partial charge is 0.261 e. The third-order valence-corrected chi connectivity index (χ3v) is 20.7. The van der Waals surface area contributed by atoms with E-state index in [4.69, 9.17) is 51.1 Å². The predicted octanol–water partition coefficient (Wildman–Crippen LogP) is 8.10. The third-order valence-electron chi connectivity index (χ3n) is 13.1. The molecular formula is C45H54N12O8P2S2Si. The van der Waals surface area contributed by atoms with Crippen LogP contribution in [0.4, 0.5) is 11.6 Å². The molecule has 6 heterocycles. The summed E-state index contributed by atoms with van der Waals surface area (Å²) in [4.78, 5) is 53.4. The Morgan fingerprint density at radius 1 is 0.800 bits per heavy atom. The molecule has 6 aromatic rings. The van der Waals surface area contributed by atoms with Gasteiger partial charge in [-0.1, -0.05) is 71.0 Å². The van der Waals surface area contributed by atoms with Crippen LogP contribution >= 0.6 is 14.2 Å². The number of anilines is 2. The van der Waals surface area contributed by atoms with Crippen LogP contribution in [0, 0.1) is 23.2 Å². The predicted molar refractivity (Wildman–Crippen MR) is 271 cm³/mol. The molecule has 2 fully saturated rings. The zero-order chi connectivity index (χ0) is 49.8. The first-order valence-corrected chi connectivity index (χ1v) is 29.9. The number of fused-ring (bicyclic) bond motifs is 2. The van der Waals surface area contributed by atoms with Gasteiger partial charge in [-0.05, 0) is 71.9 Å². The minimum atomic E-state index is -3.53. The molecule has 0 saturated carbocycles. The lowest BCUT2D eigenvalue weighted by atomic mass is 9.93. The number of nitriles is 1. The Morgan fingerprint density at radius 2 is 1.34 bits per heavy atom. The Morgan fingerprint density at radius 3 is 1.87 bits per heavy atom. The van der Waals surface area contributed by atoms with Crippen molar-refractivity contribution in [2.75, 3.05) is 30.5 Å². The van der Waals surface area contributed by atoms with Crippen molar-refractivity contribution in [3.05, 3.63) is 97.1 Å². The average Bonchev–Trinajstić information content (AvgIpc) is 4.12. The highest BCUT2D eigenvalue weighted by molar-refractivity contribution is 8.09. The van der Waals surface area contributed by atoms with Gasteiger partial charge < -0.3 is 38.1 Å². The molecule has 70 heavy (non-hydrogen) atoms. The molecule has 2 aromatic carbocycles. The average molecular weight is 1050 g/mol. The van der Waals surface area contributed by atoms with Crippen LogP contribution in [-0.2, 0) is 51.1 Å². The van der Waals surface area contributed by atoms with Gasteiger partial charge in [0.05, 0.1) is 57.1 Å². The Hall–Kier alpha value is -4.92. The van der Waals surface area contributed by atoms with Crippen molar-refractivity contribution in [1.82, 2.24) is 44.1 Å². The first-order chi connectivity index (χ1) is 33.5. The van der Waals surface area contributed by atoms with Gasteiger partial charge in [-0.2, -0.15) is 5.26 Å². The van der Waals surface area contributed by atoms with Crippen molar-refractivity contribution in [3.8, 4) is 6.07 Å². The Bertz CT molecular complexity index is 2930. The number of imidazole rings is 2. The summed E-state index contributed by atoms with van der Waals surface area (Å²) in [5.41, 5.74) is 2.55. The van der Waals surface area contributed by atoms with Crippen LogP contribution in [0.5, 0.6) is 0 Å². The van der Waals surface area contributed by atoms with Gasteiger partial charge in [0, 0.05) is 17.0 Å². The van der Waals surface area contributed by atoms with Crippen LogP contribution in [-0.4, -0.2) is 103 Å². The van der Waals surface area contributed by atoms with Crippen LogP contribution in [0.1, 0.15) is 74.2 Å². The Kier molecular flexibility index (Phi) is 16.0. The number of ether oxygens (including phenoxy) is 2. The van der Waals surface area contributed by atoms with E-state index in [1.165, 1.54) is 12.7 Å². The van der Waals surface area contributed by atoms with Crippen molar-refractivity contribution in [2.45, 2.75) is 96.0 Å². The minimum Gasteiger partial charge on any atom is -0.408 e. The maximum atomic E-state index is 13.3. The number of amides is 2. The molecule has 0 spiro atoms. The molecule has 2 amide bonds. The van der Waals surface area contributed by atoms with Crippen molar-refractivity contribution in [1.29, 1.82) is 5.26 Å². The fourth-order valence-electron chi connectivity index (χ4n) is 8.02. The van der Waals surface area contributed by atoms with Gasteiger partial charge in [-0.3, -0.25) is 18.7 Å². The maximum absolute atomic E-state index is 13.3. The van der Waals surface area contributed by atoms with E-state index in [2.05, 4.69) is 99.4 Å². The second-order valence-corrected chi connectivity index (χ2v) is 27.3. The zero-order valence-electron chi connectivity index (χ0n) is 39.5. The SMILES string of the molecule is C[C@@H]1[C@H](C)[C@@H](COP(=S)(N[C@H]2[C@@H](O[Si](C)(C)C(C)(C)C)[C@H](n3cnc4c(NC(=O)c5ccccc5)ncnc43)O[C@@H]2COP=S)OCCC#N)O[C@H]1n1cnc2c(NC(=O)c3ccccc3)ncnc21. The molecule has 2 aliphatic heterocycles. The lowest BCUT2D eigenvalue weighted by Gasteiger charge is -2.41. The van der Waals surface area contributed by atoms with Gasteiger partial charge in [0.15, 0.2) is 48.5 Å². The zero-order valence-corrected chi connectivity index (χ0v) is 44.0. The van der Waals surface area contributed by atoms with Gasteiger partial charge in [0.1, 0.15) is 38.7 Å². The fraction of sp³-hybridized carbons (Fsp3) is 0.444. The summed E-state index contributed by atoms with van der Waals surface area (Å²) in [7, 11) is -2.36. The fourth-order valence-corrected chi connectivity index (χ4v) is 12.1. The standard InChI is InChI=1S/C45H54N12O8P2S2Si/c1-27-28(2)43(56-25-51-34-37(47-23-49-39(34)56)53-41(58)29-15-10-8-11-16-29)63-31(27)22-62-67(69,61-20-14-19-46)55-33-32(21-60-66-68)64-44(36(33)65-70(6,7)45(3,4)5)57-26-52-35-38(48-24-50-40(35)57)54-42(59)30-17-12-9-13-18-30/h8-13,15-18,23-28,31-33,36,43-44H,14,20-22H2,1-7H3,(H,55,69)(H,47,49,53,58)(H,48,50,54,59)/t27-,28+,31+,32+,33+,36+,43+,44+,67?/m0/s1. The molecule has 2 saturated heterocycles. The first-order valence-electron chi connectivity index (χ1n) is 22.6. The number of nitrogens with one attached hydrogen (secondary N) is 3. The molecule has 3 N–H and O–H groups in total. The van der Waals surface area contributed by atoms with Gasteiger partial charge in [-0.25, -0.2) is 35.0 Å². The van der Waals surface area contributed by atoms with Gasteiger partial charge in [0.25, 0.3) is 18.5 Å². The molecule has 8 rings (SSSR count). The summed E-state index contributed by atoms with van der Waals surface area (Å²) in [6, 6.07) is 19.1. The van der Waals surface area contributed by atoms with Crippen LogP contribution in [0.15, 0.2) is 86.0 Å². The number of rotatable bonds is 19. The lowest BCUT2D eigenvalue weighted by molar-refractivity contribution is -0.0416. The van der Waals surface area contributed by atoms with Crippen molar-refractivity contribution in [3.63, 3.8) is 0 Å². The van der Waals surface area contributed by atoms with E-state index >= 15 is 0 Å². The summed E-state index contributed by atoms with van der Waals surface area (Å²) in [5, 5.41) is 18.6. The molecule has 9 atom stereocenters. The normalized spacial score (nSPS) is 23.6. The summed E-state index contributed by atoms with van der Waals surface area (Å²) < 4.78 is 43.4. The number of aromatic nitrogens is 8. The molecule has 368 valence electrons. The highest BCUT2D eigenvalue weighted by Gasteiger charge is 2.53. The van der Waals surface area contributed by atoms with Crippen LogP contribution in [0.25, 0.3) is 22.3 Å². The van der Waals surface area contributed by atoms with E-state index in [1.54, 1.807) is 65.8 Å². The van der Waals surface area contributed by atoms with E-state index in [0.717, 1.165) is 0 Å². The van der Waals surface area contributed by atoms with Crippen LogP contribution in [0.3, 0.4) is 0 Å². The first kappa shape index (κ1) is 51.4. The molecule has 20 nitrogen and oxygen atoms in total. The monoisotopic (exact) mass is 1040 g/mol. The Labute approximate surface area is 417 Å². The van der Waals surface area contributed by atoms with Gasteiger partial charge in [0.2, 0.25) is 0 Å². The van der Waals surface area contributed by atoms with E-state index in [-0.39, 0.29) is 74.1 Å². The quantitative estimate of drug-likeness (QED) is 0.0395. The second kappa shape index (κ2) is 21.8. The highest BCUT2D eigenvalue weighted by Crippen LogP contribution is 2.51. The summed E-state index contributed by atoms with van der Waals surface area (Å²) in [6.45, 7) is 11.4. The van der Waals surface area contributed by atoms with E-state index in [9.17, 15) is 14.9 Å². The number of carbonyl (C=O) groups is 2. The summed E-state index contributed by atoms with van der Waals surface area (Å²) in [6.07, 6.45) is 2.67. The number of benzene rings is 2. The van der Waals surface area contributed by atoms with Crippen molar-refractivity contribution >= 4 is 91.9 Å². The van der Waals surface area contributed by atoms with Gasteiger partial charge >= 0.3 is 0 Å². The van der Waals surface area contributed by atoms with Crippen molar-refractivity contribution < 1.29 is 37.1 Å². The summed E-state index contributed by atoms with van der Waals surface area (Å²) in [5.74, 6) is -0.296. The van der Waals surface area contributed by atoms with Crippen LogP contribution < -0.4 is 15.7 Å². The molecular weight excluding hydrogens is 991 g/mol. The summed E-state index contributed by atoms with van der Waals surface area (Å²) >= 11 is 11.5. The molecule has 25 heteroatoms. The Balaban J connectivity index is 1.07. The number of nitrogens with zero attached hydrogens (tertiary/aromatic N) is 9. The molecule has 2 aliphatic rings. The maximum Gasteiger partial charge on any atom is 0.261 e. The molecule has 0 aliphatic carbocycles. The van der Waals surface area contributed by atoms with E-state index in [1.807, 2.05) is 16.7 Å². The molecule has 4 aromatic heterocycles. The third kappa shape index (κ3) is 11.1. The molecule has 0 radical (unpaired) electrons. The van der Waals surface area contributed by atoms with Gasteiger partial charge in [-0.15, -0.1) is 0 Å². The largest absolute Gasteiger partial charge is 0.408 e. The molecule has 0 bridgehead atoms. The number of carbonyl (C=O) groups excluding carboxylic acids is 2. The van der Waals surface area contributed by atoms with Crippen molar-refractivity contribution in [2.24, 2.45) is 11.8 Å². The lowest BCUT2D eigenvalue weighted by Crippen LogP contribution is -2.52. The minimum absolute atomic E-state index is 0.0119. The highest BCUT2D eigenvalue weighted by atomic mass is 32.5. The number of hydrogen-bond donors (Lipinski definition) is 3.